The summed E-state index contributed by atoms with van der Waals surface area (Å²) in [6.45, 7) is 2.09. The first-order valence-electron chi connectivity index (χ1n) is 6.97. The van der Waals surface area contributed by atoms with Gasteiger partial charge in [-0.15, -0.1) is 0 Å². The van der Waals surface area contributed by atoms with E-state index in [9.17, 15) is 0 Å². The summed E-state index contributed by atoms with van der Waals surface area (Å²) >= 11 is 6.08. The third-order valence-electron chi connectivity index (χ3n) is 3.82. The zero-order chi connectivity index (χ0) is 14.8. The van der Waals surface area contributed by atoms with Gasteiger partial charge in [0, 0.05) is 16.6 Å². The molecule has 0 aliphatic rings. The molecule has 1 unspecified atom stereocenters. The fraction of sp³-hybridized carbons (Fsp3) is 0.167. The van der Waals surface area contributed by atoms with Gasteiger partial charge in [0.05, 0.1) is 11.6 Å². The van der Waals surface area contributed by atoms with Crippen molar-refractivity contribution in [2.45, 2.75) is 13.0 Å². The number of nitrogens with one attached hydrogen (secondary N) is 1. The average Bonchev–Trinajstić information content (AvgIpc) is 2.50. The van der Waals surface area contributed by atoms with Gasteiger partial charge in [-0.3, -0.25) is 4.98 Å². The Morgan fingerprint density at radius 1 is 1.05 bits per heavy atom. The minimum absolute atomic E-state index is 0.121. The molecule has 1 aromatic heterocycles. The van der Waals surface area contributed by atoms with Crippen LogP contribution in [-0.4, -0.2) is 12.0 Å². The van der Waals surface area contributed by atoms with E-state index in [1.807, 2.05) is 37.5 Å². The molecule has 1 heterocycles. The zero-order valence-corrected chi connectivity index (χ0v) is 12.9. The average molecular weight is 297 g/mol. The molecule has 3 rings (SSSR count). The smallest absolute Gasteiger partial charge is 0.0705 e. The molecule has 0 aliphatic carbocycles. The predicted molar refractivity (Wildman–Crippen MR) is 88.8 cm³/mol. The Kier molecular flexibility index (Phi) is 3.91. The van der Waals surface area contributed by atoms with E-state index in [4.69, 9.17) is 11.6 Å². The van der Waals surface area contributed by atoms with Crippen LogP contribution in [0.25, 0.3) is 10.9 Å². The lowest BCUT2D eigenvalue weighted by molar-refractivity contribution is 0.692. The second-order valence-electron chi connectivity index (χ2n) is 5.14. The van der Waals surface area contributed by atoms with E-state index >= 15 is 0 Å². The Labute approximate surface area is 129 Å². The fourth-order valence-corrected chi connectivity index (χ4v) is 3.05. The van der Waals surface area contributed by atoms with E-state index in [1.54, 1.807) is 0 Å². The summed E-state index contributed by atoms with van der Waals surface area (Å²) in [5.41, 5.74) is 4.66. The lowest BCUT2D eigenvalue weighted by Crippen LogP contribution is -2.19. The van der Waals surface area contributed by atoms with Crippen LogP contribution >= 0.6 is 11.6 Å². The van der Waals surface area contributed by atoms with Crippen LogP contribution < -0.4 is 5.32 Å². The van der Waals surface area contributed by atoms with Crippen molar-refractivity contribution in [1.82, 2.24) is 10.3 Å². The number of rotatable bonds is 3. The van der Waals surface area contributed by atoms with Crippen molar-refractivity contribution >= 4 is 22.5 Å². The van der Waals surface area contributed by atoms with Gasteiger partial charge in [0.1, 0.15) is 0 Å². The van der Waals surface area contributed by atoms with Crippen LogP contribution in [0.4, 0.5) is 0 Å². The second kappa shape index (κ2) is 5.84. The number of halogens is 1. The number of aromatic nitrogens is 1. The molecule has 0 bridgehead atoms. The second-order valence-corrected chi connectivity index (χ2v) is 5.58. The molecule has 1 N–H and O–H groups in total. The number of benzene rings is 2. The summed E-state index contributed by atoms with van der Waals surface area (Å²) in [7, 11) is 1.98. The van der Waals surface area contributed by atoms with Gasteiger partial charge < -0.3 is 5.32 Å². The highest BCUT2D eigenvalue weighted by molar-refractivity contribution is 6.30. The van der Waals surface area contributed by atoms with Crippen LogP contribution in [0.15, 0.2) is 54.7 Å². The minimum Gasteiger partial charge on any atom is -0.309 e. The normalized spacial score (nSPS) is 12.5. The lowest BCUT2D eigenvalue weighted by Gasteiger charge is -2.21. The van der Waals surface area contributed by atoms with Gasteiger partial charge in [-0.05, 0) is 54.9 Å². The fourth-order valence-electron chi connectivity index (χ4n) is 2.82. The summed E-state index contributed by atoms with van der Waals surface area (Å²) in [6, 6.07) is 16.5. The maximum absolute atomic E-state index is 6.08. The molecule has 0 amide bonds. The van der Waals surface area contributed by atoms with Gasteiger partial charge in [-0.2, -0.15) is 0 Å². The highest BCUT2D eigenvalue weighted by atomic mass is 35.5. The first-order chi connectivity index (χ1) is 10.2. The molecule has 0 radical (unpaired) electrons. The first-order valence-corrected chi connectivity index (χ1v) is 7.35. The molecule has 0 saturated heterocycles. The Balaban J connectivity index is 2.18. The molecule has 21 heavy (non-hydrogen) atoms. The standard InChI is InChI=1S/C18H17ClN2/c1-12-11-13(19)8-9-14(12)18(20-2)16-5-3-7-17-15(16)6-4-10-21-17/h3-11,18,20H,1-2H3. The number of pyridine rings is 1. The molecule has 0 fully saturated rings. The van der Waals surface area contributed by atoms with Crippen LogP contribution in [0.2, 0.25) is 5.02 Å². The summed E-state index contributed by atoms with van der Waals surface area (Å²) in [6.07, 6.45) is 1.83. The predicted octanol–water partition coefficient (Wildman–Crippen LogP) is 4.51. The minimum atomic E-state index is 0.121. The number of nitrogens with zero attached hydrogens (tertiary/aromatic N) is 1. The van der Waals surface area contributed by atoms with Gasteiger partial charge >= 0.3 is 0 Å². The van der Waals surface area contributed by atoms with E-state index in [2.05, 4.69) is 41.5 Å². The molecule has 0 spiro atoms. The van der Waals surface area contributed by atoms with Crippen molar-refractivity contribution < 1.29 is 0 Å². The maximum atomic E-state index is 6.08. The molecular formula is C18H17ClN2. The van der Waals surface area contributed by atoms with Crippen LogP contribution in [-0.2, 0) is 0 Å². The summed E-state index contributed by atoms with van der Waals surface area (Å²) in [5.74, 6) is 0. The van der Waals surface area contributed by atoms with Crippen LogP contribution in [0.5, 0.6) is 0 Å². The number of hydrogen-bond donors (Lipinski definition) is 1. The van der Waals surface area contributed by atoms with Crippen molar-refractivity contribution in [2.24, 2.45) is 0 Å². The zero-order valence-electron chi connectivity index (χ0n) is 12.1. The highest BCUT2D eigenvalue weighted by Crippen LogP contribution is 2.30. The summed E-state index contributed by atoms with van der Waals surface area (Å²) in [5, 5.41) is 5.36. The van der Waals surface area contributed by atoms with E-state index in [1.165, 1.54) is 22.1 Å². The van der Waals surface area contributed by atoms with Crippen molar-refractivity contribution in [2.75, 3.05) is 7.05 Å². The molecule has 2 aromatic carbocycles. The third-order valence-corrected chi connectivity index (χ3v) is 4.06. The largest absolute Gasteiger partial charge is 0.309 e. The van der Waals surface area contributed by atoms with E-state index in [0.29, 0.717) is 0 Å². The van der Waals surface area contributed by atoms with Gasteiger partial charge in [0.25, 0.3) is 0 Å². The maximum Gasteiger partial charge on any atom is 0.0705 e. The van der Waals surface area contributed by atoms with Crippen LogP contribution in [0, 0.1) is 6.92 Å². The SMILES string of the molecule is CNC(c1ccc(Cl)cc1C)c1cccc2ncccc12. The van der Waals surface area contributed by atoms with Gasteiger partial charge in [0.2, 0.25) is 0 Å². The topological polar surface area (TPSA) is 24.9 Å². The van der Waals surface area contributed by atoms with E-state index in [0.717, 1.165) is 10.5 Å². The Hall–Kier alpha value is -1.90. The molecule has 2 nitrogen and oxygen atoms in total. The van der Waals surface area contributed by atoms with Gasteiger partial charge in [0.15, 0.2) is 0 Å². The molecule has 1 atom stereocenters. The first kappa shape index (κ1) is 14.1. The van der Waals surface area contributed by atoms with Gasteiger partial charge in [-0.1, -0.05) is 35.9 Å². The quantitative estimate of drug-likeness (QED) is 0.769. The highest BCUT2D eigenvalue weighted by Gasteiger charge is 2.16. The molecular weight excluding hydrogens is 280 g/mol. The lowest BCUT2D eigenvalue weighted by atomic mass is 9.92. The van der Waals surface area contributed by atoms with Crippen molar-refractivity contribution in [3.05, 3.63) is 76.4 Å². The van der Waals surface area contributed by atoms with E-state index < -0.39 is 0 Å². The molecule has 0 saturated carbocycles. The summed E-state index contributed by atoms with van der Waals surface area (Å²) < 4.78 is 0. The Morgan fingerprint density at radius 3 is 2.67 bits per heavy atom. The van der Waals surface area contributed by atoms with Crippen molar-refractivity contribution in [3.63, 3.8) is 0 Å². The Bertz CT molecular complexity index is 778. The molecule has 106 valence electrons. The monoisotopic (exact) mass is 296 g/mol. The van der Waals surface area contributed by atoms with E-state index in [-0.39, 0.29) is 6.04 Å². The molecule has 3 heteroatoms. The number of hydrogen-bond acceptors (Lipinski definition) is 2. The summed E-state index contributed by atoms with van der Waals surface area (Å²) in [4.78, 5) is 4.44. The van der Waals surface area contributed by atoms with Crippen molar-refractivity contribution in [3.8, 4) is 0 Å². The van der Waals surface area contributed by atoms with Crippen LogP contribution in [0.1, 0.15) is 22.7 Å². The number of fused-ring (bicyclic) bond motifs is 1. The van der Waals surface area contributed by atoms with Crippen molar-refractivity contribution in [1.29, 1.82) is 0 Å². The molecule has 0 aliphatic heterocycles. The number of aryl methyl sites for hydroxylation is 1. The Morgan fingerprint density at radius 2 is 1.90 bits per heavy atom. The van der Waals surface area contributed by atoms with Crippen LogP contribution in [0.3, 0.4) is 0 Å². The third kappa shape index (κ3) is 2.65. The molecule has 3 aromatic rings. The van der Waals surface area contributed by atoms with Gasteiger partial charge in [-0.25, -0.2) is 0 Å².